The largest absolute Gasteiger partial charge is 0.379 e. The van der Waals surface area contributed by atoms with Gasteiger partial charge in [0.25, 0.3) is 0 Å². The van der Waals surface area contributed by atoms with Crippen LogP contribution in [0.3, 0.4) is 0 Å². The van der Waals surface area contributed by atoms with Crippen LogP contribution in [0.25, 0.3) is 11.0 Å². The summed E-state index contributed by atoms with van der Waals surface area (Å²) >= 11 is 1.74. The molecule has 1 aliphatic heterocycles. The number of nitrogens with zero attached hydrogens (tertiary/aromatic N) is 3. The van der Waals surface area contributed by atoms with Gasteiger partial charge in [0, 0.05) is 24.9 Å². The molecule has 0 radical (unpaired) electrons. The van der Waals surface area contributed by atoms with Gasteiger partial charge in [-0.05, 0) is 31.5 Å². The van der Waals surface area contributed by atoms with Gasteiger partial charge in [-0.2, -0.15) is 4.31 Å². The van der Waals surface area contributed by atoms with Crippen molar-refractivity contribution in [2.75, 3.05) is 26.3 Å². The Balaban J connectivity index is 1.99. The number of hydrogen-bond acceptors (Lipinski definition) is 5. The quantitative estimate of drug-likeness (QED) is 0.718. The van der Waals surface area contributed by atoms with E-state index in [4.69, 9.17) is 9.72 Å². The van der Waals surface area contributed by atoms with Gasteiger partial charge in [0.1, 0.15) is 0 Å². The molecular weight excluding hydrogens is 358 g/mol. The van der Waals surface area contributed by atoms with Gasteiger partial charge in [-0.1, -0.05) is 25.6 Å². The fourth-order valence-electron chi connectivity index (χ4n) is 2.84. The average Bonchev–Trinajstić information content (AvgIpc) is 2.98. The second kappa shape index (κ2) is 7.65. The number of rotatable bonds is 6. The maximum atomic E-state index is 12.8. The summed E-state index contributed by atoms with van der Waals surface area (Å²) in [6, 6.07) is 5.27. The fourth-order valence-corrected chi connectivity index (χ4v) is 5.30. The van der Waals surface area contributed by atoms with E-state index in [9.17, 15) is 8.42 Å². The van der Waals surface area contributed by atoms with Crippen LogP contribution >= 0.6 is 11.8 Å². The highest BCUT2D eigenvalue weighted by Crippen LogP contribution is 2.30. The molecule has 0 amide bonds. The van der Waals surface area contributed by atoms with Crippen molar-refractivity contribution in [2.45, 2.75) is 49.0 Å². The summed E-state index contributed by atoms with van der Waals surface area (Å²) in [6.07, 6.45) is 1.06. The lowest BCUT2D eigenvalue weighted by molar-refractivity contribution is 0.0730. The molecule has 1 aromatic heterocycles. The number of hydrogen-bond donors (Lipinski definition) is 0. The van der Waals surface area contributed by atoms with Crippen LogP contribution in [0.5, 0.6) is 0 Å². The van der Waals surface area contributed by atoms with Crippen LogP contribution in [-0.2, 0) is 21.3 Å². The number of aromatic nitrogens is 2. The maximum Gasteiger partial charge on any atom is 0.243 e. The molecule has 1 atom stereocenters. The Kier molecular flexibility index (Phi) is 5.72. The Bertz CT molecular complexity index is 842. The molecule has 1 fully saturated rings. The summed E-state index contributed by atoms with van der Waals surface area (Å²) in [5, 5.41) is 1.42. The summed E-state index contributed by atoms with van der Waals surface area (Å²) in [5.74, 6) is 0. The van der Waals surface area contributed by atoms with Gasteiger partial charge in [-0.3, -0.25) is 0 Å². The summed E-state index contributed by atoms with van der Waals surface area (Å²) in [7, 11) is -3.49. The Morgan fingerprint density at radius 3 is 2.64 bits per heavy atom. The molecule has 1 unspecified atom stereocenters. The van der Waals surface area contributed by atoms with Crippen molar-refractivity contribution in [3.8, 4) is 0 Å². The number of imidazole rings is 1. The molecule has 1 aromatic carbocycles. The first-order chi connectivity index (χ1) is 12.0. The fraction of sp³-hybridized carbons (Fsp3) is 0.588. The molecule has 0 spiro atoms. The number of thioether (sulfide) groups is 1. The van der Waals surface area contributed by atoms with E-state index in [-0.39, 0.29) is 0 Å². The van der Waals surface area contributed by atoms with E-state index in [1.165, 1.54) is 4.31 Å². The van der Waals surface area contributed by atoms with Crippen LogP contribution in [0.15, 0.2) is 28.3 Å². The first kappa shape index (κ1) is 18.7. The third-order valence-corrected chi connectivity index (χ3v) is 7.64. The first-order valence-corrected chi connectivity index (χ1v) is 11.0. The van der Waals surface area contributed by atoms with Crippen LogP contribution in [-0.4, -0.2) is 53.8 Å². The lowest BCUT2D eigenvalue weighted by Crippen LogP contribution is -2.40. The predicted molar refractivity (Wildman–Crippen MR) is 101 cm³/mol. The van der Waals surface area contributed by atoms with Crippen molar-refractivity contribution in [1.29, 1.82) is 0 Å². The van der Waals surface area contributed by atoms with Crippen LogP contribution in [0, 0.1) is 0 Å². The number of aryl methyl sites for hydroxylation is 1. The molecule has 2 aromatic rings. The molecule has 138 valence electrons. The molecule has 0 aliphatic carbocycles. The molecule has 6 nitrogen and oxygen atoms in total. The second-order valence-corrected chi connectivity index (χ2v) is 9.49. The molecular formula is C17H25N3O3S2. The van der Waals surface area contributed by atoms with Gasteiger partial charge in [0.2, 0.25) is 10.0 Å². The summed E-state index contributed by atoms with van der Waals surface area (Å²) in [4.78, 5) is 5.02. The van der Waals surface area contributed by atoms with E-state index in [1.807, 2.05) is 6.07 Å². The standard InChI is InChI=1S/C17H25N3O3S2/c1-4-13(3)24-17-18-15-12-14(6-7-16(15)20(17)5-2)25(21,22)19-8-10-23-11-9-19/h6-7,12-13H,4-5,8-11H2,1-3H3. The highest BCUT2D eigenvalue weighted by Gasteiger charge is 2.27. The summed E-state index contributed by atoms with van der Waals surface area (Å²) < 4.78 is 34.6. The number of benzene rings is 1. The van der Waals surface area contributed by atoms with Crippen molar-refractivity contribution in [2.24, 2.45) is 0 Å². The van der Waals surface area contributed by atoms with Crippen LogP contribution in [0.4, 0.5) is 0 Å². The van der Waals surface area contributed by atoms with E-state index in [0.29, 0.717) is 36.4 Å². The molecule has 0 N–H and O–H groups in total. The molecule has 1 saturated heterocycles. The Hall–Kier alpha value is -1.09. The highest BCUT2D eigenvalue weighted by atomic mass is 32.2. The third kappa shape index (κ3) is 3.72. The molecule has 2 heterocycles. The zero-order chi connectivity index (χ0) is 18.0. The normalized spacial score (nSPS) is 17.9. The van der Waals surface area contributed by atoms with Crippen molar-refractivity contribution in [1.82, 2.24) is 13.9 Å². The van der Waals surface area contributed by atoms with Crippen LogP contribution in [0.1, 0.15) is 27.2 Å². The molecule has 1 aliphatic rings. The monoisotopic (exact) mass is 383 g/mol. The Morgan fingerprint density at radius 1 is 1.28 bits per heavy atom. The number of fused-ring (bicyclic) bond motifs is 1. The molecule has 8 heteroatoms. The van der Waals surface area contributed by atoms with Crippen LogP contribution in [0.2, 0.25) is 0 Å². The van der Waals surface area contributed by atoms with Gasteiger partial charge < -0.3 is 9.30 Å². The second-order valence-electron chi connectivity index (χ2n) is 6.14. The van der Waals surface area contributed by atoms with Crippen molar-refractivity contribution in [3.05, 3.63) is 18.2 Å². The number of sulfonamides is 1. The topological polar surface area (TPSA) is 64.4 Å². The minimum absolute atomic E-state index is 0.308. The SMILES string of the molecule is CCC(C)Sc1nc2cc(S(=O)(=O)N3CCOCC3)ccc2n1CC. The average molecular weight is 384 g/mol. The lowest BCUT2D eigenvalue weighted by Gasteiger charge is -2.26. The molecule has 0 saturated carbocycles. The minimum Gasteiger partial charge on any atom is -0.379 e. The van der Waals surface area contributed by atoms with Crippen LogP contribution < -0.4 is 0 Å². The predicted octanol–water partition coefficient (Wildman–Crippen LogP) is 2.97. The number of morpholine rings is 1. The van der Waals surface area contributed by atoms with Crippen molar-refractivity contribution >= 4 is 32.8 Å². The van der Waals surface area contributed by atoms with Gasteiger partial charge in [-0.25, -0.2) is 13.4 Å². The molecule has 3 rings (SSSR count). The summed E-state index contributed by atoms with van der Waals surface area (Å²) in [5.41, 5.74) is 1.72. The van der Waals surface area contributed by atoms with E-state index in [0.717, 1.165) is 29.2 Å². The van der Waals surface area contributed by atoms with Gasteiger partial charge in [-0.15, -0.1) is 0 Å². The maximum absolute atomic E-state index is 12.8. The van der Waals surface area contributed by atoms with E-state index < -0.39 is 10.0 Å². The number of ether oxygens (including phenoxy) is 1. The molecule has 25 heavy (non-hydrogen) atoms. The zero-order valence-electron chi connectivity index (χ0n) is 14.9. The van der Waals surface area contributed by atoms with Gasteiger partial charge in [0.05, 0.1) is 29.1 Å². The van der Waals surface area contributed by atoms with E-state index in [2.05, 4.69) is 25.3 Å². The minimum atomic E-state index is -3.49. The first-order valence-electron chi connectivity index (χ1n) is 8.72. The van der Waals surface area contributed by atoms with E-state index >= 15 is 0 Å². The summed E-state index contributed by atoms with van der Waals surface area (Å²) in [6.45, 7) is 8.92. The Labute approximate surface area is 153 Å². The lowest BCUT2D eigenvalue weighted by atomic mass is 10.3. The smallest absolute Gasteiger partial charge is 0.243 e. The van der Waals surface area contributed by atoms with Gasteiger partial charge >= 0.3 is 0 Å². The van der Waals surface area contributed by atoms with Crippen molar-refractivity contribution in [3.63, 3.8) is 0 Å². The molecule has 0 bridgehead atoms. The highest BCUT2D eigenvalue weighted by molar-refractivity contribution is 7.99. The van der Waals surface area contributed by atoms with Gasteiger partial charge in [0.15, 0.2) is 5.16 Å². The third-order valence-electron chi connectivity index (χ3n) is 4.49. The Morgan fingerprint density at radius 2 is 2.00 bits per heavy atom. The van der Waals surface area contributed by atoms with Crippen molar-refractivity contribution < 1.29 is 13.2 Å². The van der Waals surface area contributed by atoms with E-state index in [1.54, 1.807) is 23.9 Å². The zero-order valence-corrected chi connectivity index (χ0v) is 16.6.